The maximum Gasteiger partial charge on any atom is 0.251 e. The van der Waals surface area contributed by atoms with Gasteiger partial charge in [-0.3, -0.25) is 9.59 Å². The molecule has 2 aliphatic heterocycles. The van der Waals surface area contributed by atoms with Crippen LogP contribution < -0.4 is 10.6 Å². The second kappa shape index (κ2) is 7.37. The quantitative estimate of drug-likeness (QED) is 0.832. The number of rotatable bonds is 4. The molecule has 0 bridgehead atoms. The molecule has 8 heteroatoms. The number of thioether (sulfide) groups is 1. The molecule has 1 aromatic rings. The van der Waals surface area contributed by atoms with E-state index in [0.29, 0.717) is 36.6 Å². The smallest absolute Gasteiger partial charge is 0.251 e. The van der Waals surface area contributed by atoms with Crippen LogP contribution in [0.25, 0.3) is 0 Å². The van der Waals surface area contributed by atoms with Crippen molar-refractivity contribution in [3.63, 3.8) is 0 Å². The zero-order chi connectivity index (χ0) is 18.0. The number of anilines is 1. The molecule has 0 radical (unpaired) electrons. The Bertz CT molecular complexity index is 778. The van der Waals surface area contributed by atoms with Crippen LogP contribution >= 0.6 is 11.8 Å². The van der Waals surface area contributed by atoms with Gasteiger partial charge in [0.1, 0.15) is 9.84 Å². The van der Waals surface area contributed by atoms with E-state index in [4.69, 9.17) is 0 Å². The summed E-state index contributed by atoms with van der Waals surface area (Å²) in [6, 6.07) is 5.32. The number of hydrogen-bond donors (Lipinski definition) is 2. The van der Waals surface area contributed by atoms with E-state index in [1.54, 1.807) is 12.1 Å². The lowest BCUT2D eigenvalue weighted by Gasteiger charge is -2.22. The first-order valence-electron chi connectivity index (χ1n) is 8.44. The third kappa shape index (κ3) is 4.55. The lowest BCUT2D eigenvalue weighted by atomic mass is 9.99. The number of carbonyl (C=O) groups is 2. The first kappa shape index (κ1) is 18.3. The second-order valence-corrected chi connectivity index (χ2v) is 10.3. The highest BCUT2D eigenvalue weighted by Gasteiger charge is 2.25. The van der Waals surface area contributed by atoms with E-state index in [-0.39, 0.29) is 28.6 Å². The standard InChI is InChI=1S/C17H22N2O4S2/c1-11-16(20)19-14-10-13(2-3-15(14)24-11)17(21)18-7-4-12-5-8-25(22,23)9-6-12/h2-3,10-12H,4-9H2,1H3,(H,18,21)(H,19,20). The van der Waals surface area contributed by atoms with Crippen molar-refractivity contribution in [2.24, 2.45) is 5.92 Å². The fourth-order valence-corrected chi connectivity index (χ4v) is 5.59. The summed E-state index contributed by atoms with van der Waals surface area (Å²) in [5.41, 5.74) is 1.19. The van der Waals surface area contributed by atoms with Gasteiger partial charge in [0, 0.05) is 17.0 Å². The Kier molecular flexibility index (Phi) is 5.38. The minimum atomic E-state index is -2.84. The molecule has 2 amide bonds. The number of sulfone groups is 1. The summed E-state index contributed by atoms with van der Waals surface area (Å²) in [6.07, 6.45) is 2.15. The van der Waals surface area contributed by atoms with Crippen molar-refractivity contribution in [3.8, 4) is 0 Å². The highest BCUT2D eigenvalue weighted by atomic mass is 32.2. The summed E-state index contributed by atoms with van der Waals surface area (Å²) < 4.78 is 22.8. The highest BCUT2D eigenvalue weighted by Crippen LogP contribution is 2.35. The van der Waals surface area contributed by atoms with Crippen molar-refractivity contribution in [1.29, 1.82) is 0 Å². The Morgan fingerprint density at radius 3 is 2.76 bits per heavy atom. The number of carbonyl (C=O) groups excluding carboxylic acids is 2. The molecule has 136 valence electrons. The molecular weight excluding hydrogens is 360 g/mol. The molecule has 1 aromatic carbocycles. The first-order valence-corrected chi connectivity index (χ1v) is 11.1. The molecule has 0 saturated carbocycles. The zero-order valence-electron chi connectivity index (χ0n) is 14.1. The van der Waals surface area contributed by atoms with Crippen LogP contribution in [-0.2, 0) is 14.6 Å². The molecule has 3 rings (SSSR count). The zero-order valence-corrected chi connectivity index (χ0v) is 15.7. The van der Waals surface area contributed by atoms with Gasteiger partial charge in [0.15, 0.2) is 0 Å². The maximum atomic E-state index is 12.3. The van der Waals surface area contributed by atoms with Gasteiger partial charge in [-0.1, -0.05) is 0 Å². The molecule has 1 atom stereocenters. The average molecular weight is 383 g/mol. The Balaban J connectivity index is 1.52. The normalized spacial score (nSPS) is 22.8. The van der Waals surface area contributed by atoms with Crippen LogP contribution in [0.2, 0.25) is 0 Å². The fraction of sp³-hybridized carbons (Fsp3) is 0.529. The third-order valence-electron chi connectivity index (χ3n) is 4.68. The second-order valence-electron chi connectivity index (χ2n) is 6.60. The first-order chi connectivity index (χ1) is 11.8. The van der Waals surface area contributed by atoms with Crippen LogP contribution in [0, 0.1) is 5.92 Å². The summed E-state index contributed by atoms with van der Waals surface area (Å²) in [4.78, 5) is 25.0. The molecule has 6 nitrogen and oxygen atoms in total. The van der Waals surface area contributed by atoms with Crippen LogP contribution in [0.5, 0.6) is 0 Å². The predicted molar refractivity (Wildman–Crippen MR) is 98.7 cm³/mol. The molecule has 1 fully saturated rings. The van der Waals surface area contributed by atoms with E-state index < -0.39 is 9.84 Å². The monoisotopic (exact) mass is 382 g/mol. The van der Waals surface area contributed by atoms with Crippen molar-refractivity contribution < 1.29 is 18.0 Å². The topological polar surface area (TPSA) is 92.3 Å². The van der Waals surface area contributed by atoms with Crippen molar-refractivity contribution in [2.75, 3.05) is 23.4 Å². The molecule has 2 N–H and O–H groups in total. The van der Waals surface area contributed by atoms with Crippen LogP contribution in [0.1, 0.15) is 36.5 Å². The van der Waals surface area contributed by atoms with Crippen molar-refractivity contribution >= 4 is 39.1 Å². The number of hydrogen-bond acceptors (Lipinski definition) is 5. The van der Waals surface area contributed by atoms with Crippen LogP contribution in [0.3, 0.4) is 0 Å². The predicted octanol–water partition coefficient (Wildman–Crippen LogP) is 2.06. The van der Waals surface area contributed by atoms with Crippen LogP contribution in [0.4, 0.5) is 5.69 Å². The van der Waals surface area contributed by atoms with Crippen molar-refractivity contribution in [1.82, 2.24) is 5.32 Å². The Hall–Kier alpha value is -1.54. The number of amides is 2. The van der Waals surface area contributed by atoms with E-state index in [1.807, 2.05) is 13.0 Å². The van der Waals surface area contributed by atoms with Gasteiger partial charge in [-0.15, -0.1) is 11.8 Å². The highest BCUT2D eigenvalue weighted by molar-refractivity contribution is 8.01. The lowest BCUT2D eigenvalue weighted by Crippen LogP contribution is -2.30. The van der Waals surface area contributed by atoms with E-state index >= 15 is 0 Å². The number of nitrogens with one attached hydrogen (secondary N) is 2. The Labute approximate surface area is 152 Å². The minimum Gasteiger partial charge on any atom is -0.352 e. The summed E-state index contributed by atoms with van der Waals surface area (Å²) in [7, 11) is -2.84. The van der Waals surface area contributed by atoms with Crippen molar-refractivity contribution in [3.05, 3.63) is 23.8 Å². The summed E-state index contributed by atoms with van der Waals surface area (Å²) in [5, 5.41) is 5.58. The average Bonchev–Trinajstić information content (AvgIpc) is 2.57. The van der Waals surface area contributed by atoms with E-state index in [9.17, 15) is 18.0 Å². The molecule has 1 unspecified atom stereocenters. The molecule has 2 heterocycles. The number of benzene rings is 1. The summed E-state index contributed by atoms with van der Waals surface area (Å²) >= 11 is 1.48. The molecule has 0 aliphatic carbocycles. The van der Waals surface area contributed by atoms with E-state index in [0.717, 1.165) is 11.3 Å². The van der Waals surface area contributed by atoms with Crippen LogP contribution in [0.15, 0.2) is 23.1 Å². The van der Waals surface area contributed by atoms with Crippen molar-refractivity contribution in [2.45, 2.75) is 36.3 Å². The third-order valence-corrected chi connectivity index (χ3v) is 7.58. The largest absolute Gasteiger partial charge is 0.352 e. The van der Waals surface area contributed by atoms with Gasteiger partial charge in [-0.2, -0.15) is 0 Å². The summed E-state index contributed by atoms with van der Waals surface area (Å²) in [5.74, 6) is 0.634. The molecule has 0 spiro atoms. The summed E-state index contributed by atoms with van der Waals surface area (Å²) in [6.45, 7) is 2.37. The van der Waals surface area contributed by atoms with Gasteiger partial charge >= 0.3 is 0 Å². The van der Waals surface area contributed by atoms with E-state index in [1.165, 1.54) is 11.8 Å². The molecule has 25 heavy (non-hydrogen) atoms. The lowest BCUT2D eigenvalue weighted by molar-refractivity contribution is -0.115. The maximum absolute atomic E-state index is 12.3. The van der Waals surface area contributed by atoms with E-state index in [2.05, 4.69) is 10.6 Å². The molecule has 0 aromatic heterocycles. The van der Waals surface area contributed by atoms with Gasteiger partial charge in [0.25, 0.3) is 5.91 Å². The van der Waals surface area contributed by atoms with Gasteiger partial charge in [-0.25, -0.2) is 8.42 Å². The fourth-order valence-electron chi connectivity index (χ4n) is 3.07. The SMILES string of the molecule is CC1Sc2ccc(C(=O)NCCC3CCS(=O)(=O)CC3)cc2NC1=O. The molecule has 2 aliphatic rings. The van der Waals surface area contributed by atoms with Gasteiger partial charge in [0.05, 0.1) is 22.4 Å². The Morgan fingerprint density at radius 1 is 1.32 bits per heavy atom. The molecule has 1 saturated heterocycles. The van der Waals surface area contributed by atoms with Gasteiger partial charge in [0.2, 0.25) is 5.91 Å². The number of fused-ring (bicyclic) bond motifs is 1. The minimum absolute atomic E-state index is 0.0534. The molecular formula is C17H22N2O4S2. The Morgan fingerprint density at radius 2 is 2.04 bits per heavy atom. The van der Waals surface area contributed by atoms with Gasteiger partial charge < -0.3 is 10.6 Å². The van der Waals surface area contributed by atoms with Gasteiger partial charge in [-0.05, 0) is 50.3 Å². The van der Waals surface area contributed by atoms with Crippen LogP contribution in [-0.4, -0.2) is 43.5 Å².